The summed E-state index contributed by atoms with van der Waals surface area (Å²) < 4.78 is 11.2. The molecule has 2 aromatic heterocycles. The average molecular weight is 351 g/mol. The van der Waals surface area contributed by atoms with Crippen molar-refractivity contribution in [2.75, 3.05) is 14.2 Å². The van der Waals surface area contributed by atoms with Gasteiger partial charge in [0.15, 0.2) is 0 Å². The molecule has 0 fully saturated rings. The summed E-state index contributed by atoms with van der Waals surface area (Å²) in [5, 5.41) is 0. The lowest BCUT2D eigenvalue weighted by atomic mass is 9.99. The molecular weight excluding hydrogens is 334 g/mol. The minimum absolute atomic E-state index is 0.0110. The summed E-state index contributed by atoms with van der Waals surface area (Å²) in [6.07, 6.45) is 1.62. The van der Waals surface area contributed by atoms with Crippen molar-refractivity contribution in [3.8, 4) is 0 Å². The first-order valence-electron chi connectivity index (χ1n) is 7.91. The monoisotopic (exact) mass is 351 g/mol. The van der Waals surface area contributed by atoms with Gasteiger partial charge < -0.3 is 13.9 Å². The molecule has 6 nitrogen and oxygen atoms in total. The minimum Gasteiger partial charge on any atom is -0.465 e. The highest BCUT2D eigenvalue weighted by Crippen LogP contribution is 2.28. The van der Waals surface area contributed by atoms with Gasteiger partial charge in [-0.3, -0.25) is 4.79 Å². The van der Waals surface area contributed by atoms with Gasteiger partial charge in [-0.15, -0.1) is 0 Å². The van der Waals surface area contributed by atoms with Crippen LogP contribution in [0.15, 0.2) is 48.7 Å². The number of benzene rings is 1. The second-order valence-electron chi connectivity index (χ2n) is 5.68. The summed E-state index contributed by atoms with van der Waals surface area (Å²) in [7, 11) is 2.42. The molecule has 0 N–H and O–H groups in total. The third kappa shape index (κ3) is 2.65. The van der Waals surface area contributed by atoms with E-state index in [2.05, 4.69) is 0 Å². The number of methoxy groups -OCH3 is 2. The number of carbonyl (C=O) groups is 3. The molecule has 0 radical (unpaired) electrons. The molecule has 0 saturated heterocycles. The van der Waals surface area contributed by atoms with Crippen molar-refractivity contribution in [3.05, 3.63) is 76.6 Å². The van der Waals surface area contributed by atoms with Crippen LogP contribution in [-0.2, 0) is 9.47 Å². The van der Waals surface area contributed by atoms with E-state index in [0.29, 0.717) is 11.1 Å². The van der Waals surface area contributed by atoms with Gasteiger partial charge in [-0.25, -0.2) is 9.59 Å². The van der Waals surface area contributed by atoms with Crippen molar-refractivity contribution >= 4 is 23.2 Å². The highest BCUT2D eigenvalue weighted by molar-refractivity contribution is 6.20. The van der Waals surface area contributed by atoms with E-state index < -0.39 is 11.9 Å². The van der Waals surface area contributed by atoms with Gasteiger partial charge in [0.25, 0.3) is 0 Å². The number of fused-ring (bicyclic) bond motifs is 1. The summed E-state index contributed by atoms with van der Waals surface area (Å²) in [6, 6.07) is 12.1. The van der Waals surface area contributed by atoms with Crippen molar-refractivity contribution in [3.63, 3.8) is 0 Å². The van der Waals surface area contributed by atoms with E-state index in [1.807, 2.05) is 19.1 Å². The van der Waals surface area contributed by atoms with E-state index in [1.54, 1.807) is 36.5 Å². The molecule has 1 aromatic carbocycles. The number of nitrogens with zero attached hydrogens (tertiary/aromatic N) is 1. The number of esters is 2. The van der Waals surface area contributed by atoms with Crippen LogP contribution < -0.4 is 0 Å². The average Bonchev–Trinajstić information content (AvgIpc) is 3.01. The lowest BCUT2D eigenvalue weighted by Crippen LogP contribution is -2.15. The molecule has 3 aromatic rings. The van der Waals surface area contributed by atoms with Gasteiger partial charge in [0, 0.05) is 11.8 Å². The number of hydrogen-bond donors (Lipinski definition) is 0. The van der Waals surface area contributed by atoms with Crippen LogP contribution in [0.5, 0.6) is 0 Å². The van der Waals surface area contributed by atoms with Gasteiger partial charge >= 0.3 is 11.9 Å². The molecule has 0 spiro atoms. The molecule has 0 atom stereocenters. The van der Waals surface area contributed by atoms with E-state index in [9.17, 15) is 14.4 Å². The van der Waals surface area contributed by atoms with Crippen molar-refractivity contribution in [2.24, 2.45) is 0 Å². The van der Waals surface area contributed by atoms with Gasteiger partial charge in [0.05, 0.1) is 19.7 Å². The zero-order chi connectivity index (χ0) is 18.8. The van der Waals surface area contributed by atoms with Gasteiger partial charge in [-0.2, -0.15) is 0 Å². The lowest BCUT2D eigenvalue weighted by molar-refractivity contribution is 0.0556. The van der Waals surface area contributed by atoms with Crippen LogP contribution in [0.3, 0.4) is 0 Å². The van der Waals surface area contributed by atoms with Crippen LogP contribution >= 0.6 is 0 Å². The smallest absolute Gasteiger partial charge is 0.341 e. The standard InChI is InChI=1S/C20H17NO5/c1-12-8-4-5-9-13(12)18(22)17-16(20(24)26-3)15(19(23)25-2)14-10-6-7-11-21(14)17/h4-11H,1-3H3. The summed E-state index contributed by atoms with van der Waals surface area (Å²) >= 11 is 0. The fraction of sp³-hybridized carbons (Fsp3) is 0.150. The van der Waals surface area contributed by atoms with Crippen molar-refractivity contribution in [1.29, 1.82) is 0 Å². The Morgan fingerprint density at radius 2 is 1.46 bits per heavy atom. The molecule has 0 bridgehead atoms. The number of hydrogen-bond acceptors (Lipinski definition) is 5. The Labute approximate surface area is 150 Å². The number of ketones is 1. The van der Waals surface area contributed by atoms with Gasteiger partial charge in [-0.05, 0) is 24.6 Å². The molecule has 0 unspecified atom stereocenters. The minimum atomic E-state index is -0.772. The van der Waals surface area contributed by atoms with Crippen LogP contribution in [0, 0.1) is 6.92 Å². The predicted molar refractivity (Wildman–Crippen MR) is 94.7 cm³/mol. The second kappa shape index (κ2) is 6.84. The number of ether oxygens (including phenoxy) is 2. The highest BCUT2D eigenvalue weighted by atomic mass is 16.5. The Balaban J connectivity index is 2.41. The molecule has 132 valence electrons. The Morgan fingerprint density at radius 3 is 2.12 bits per heavy atom. The fourth-order valence-corrected chi connectivity index (χ4v) is 3.00. The zero-order valence-electron chi connectivity index (χ0n) is 14.6. The Kier molecular flexibility index (Phi) is 4.58. The summed E-state index contributed by atoms with van der Waals surface area (Å²) in [6.45, 7) is 1.81. The normalized spacial score (nSPS) is 10.6. The molecule has 0 saturated carbocycles. The topological polar surface area (TPSA) is 74.1 Å². The highest BCUT2D eigenvalue weighted by Gasteiger charge is 2.33. The van der Waals surface area contributed by atoms with Crippen LogP contribution in [0.1, 0.15) is 42.3 Å². The molecule has 0 aliphatic heterocycles. The predicted octanol–water partition coefficient (Wildman–Crippen LogP) is 3.05. The lowest BCUT2D eigenvalue weighted by Gasteiger charge is -2.08. The third-order valence-electron chi connectivity index (χ3n) is 4.23. The maximum absolute atomic E-state index is 13.3. The quantitative estimate of drug-likeness (QED) is 0.533. The largest absolute Gasteiger partial charge is 0.465 e. The Hall–Kier alpha value is -3.41. The van der Waals surface area contributed by atoms with Crippen LogP contribution in [0.4, 0.5) is 0 Å². The number of carbonyl (C=O) groups excluding carboxylic acids is 3. The van der Waals surface area contributed by atoms with E-state index in [-0.39, 0.29) is 22.6 Å². The first-order chi connectivity index (χ1) is 12.5. The molecule has 26 heavy (non-hydrogen) atoms. The first-order valence-corrected chi connectivity index (χ1v) is 7.91. The molecular formula is C20H17NO5. The maximum atomic E-state index is 13.3. The molecule has 0 aliphatic rings. The summed E-state index contributed by atoms with van der Waals surface area (Å²) in [5.74, 6) is -1.86. The van der Waals surface area contributed by atoms with Crippen LogP contribution in [0.2, 0.25) is 0 Å². The van der Waals surface area contributed by atoms with E-state index >= 15 is 0 Å². The summed E-state index contributed by atoms with van der Waals surface area (Å²) in [5.41, 5.74) is 1.59. The van der Waals surface area contributed by atoms with Gasteiger partial charge in [0.1, 0.15) is 16.8 Å². The molecule has 0 amide bonds. The number of aromatic nitrogens is 1. The Morgan fingerprint density at radius 1 is 0.846 bits per heavy atom. The fourth-order valence-electron chi connectivity index (χ4n) is 3.00. The number of aryl methyl sites for hydroxylation is 1. The molecule has 6 heteroatoms. The third-order valence-corrected chi connectivity index (χ3v) is 4.23. The van der Waals surface area contributed by atoms with Crippen LogP contribution in [0.25, 0.3) is 5.52 Å². The van der Waals surface area contributed by atoms with Crippen molar-refractivity contribution < 1.29 is 23.9 Å². The molecule has 3 rings (SSSR count). The van der Waals surface area contributed by atoms with Gasteiger partial charge in [0.2, 0.25) is 5.78 Å². The SMILES string of the molecule is COC(=O)c1c(C(=O)OC)c2ccccn2c1C(=O)c1ccccc1C. The van der Waals surface area contributed by atoms with E-state index in [1.165, 1.54) is 18.6 Å². The maximum Gasteiger partial charge on any atom is 0.341 e. The van der Waals surface area contributed by atoms with E-state index in [0.717, 1.165) is 5.56 Å². The first kappa shape index (κ1) is 17.4. The molecule has 2 heterocycles. The second-order valence-corrected chi connectivity index (χ2v) is 5.68. The Bertz CT molecular complexity index is 1030. The van der Waals surface area contributed by atoms with Crippen molar-refractivity contribution in [2.45, 2.75) is 6.92 Å². The van der Waals surface area contributed by atoms with Crippen LogP contribution in [-0.4, -0.2) is 36.3 Å². The molecule has 0 aliphatic carbocycles. The van der Waals surface area contributed by atoms with E-state index in [4.69, 9.17) is 9.47 Å². The number of rotatable bonds is 4. The number of pyridine rings is 1. The zero-order valence-corrected chi connectivity index (χ0v) is 14.6. The van der Waals surface area contributed by atoms with Crippen molar-refractivity contribution in [1.82, 2.24) is 4.40 Å². The summed E-state index contributed by atoms with van der Waals surface area (Å²) in [4.78, 5) is 38.1. The van der Waals surface area contributed by atoms with Gasteiger partial charge in [-0.1, -0.05) is 30.3 Å².